The molecule has 1 fully saturated rings. The van der Waals surface area contributed by atoms with Gasteiger partial charge in [0.1, 0.15) is 6.54 Å². The molecule has 0 saturated carbocycles. The maximum absolute atomic E-state index is 11.7. The number of carbonyl (C=O) groups is 2. The van der Waals surface area contributed by atoms with E-state index < -0.39 is 0 Å². The molecule has 5 nitrogen and oxygen atoms in total. The van der Waals surface area contributed by atoms with Gasteiger partial charge < -0.3 is 10.6 Å². The Morgan fingerprint density at radius 1 is 1.41 bits per heavy atom. The average Bonchev–Trinajstić information content (AvgIpc) is 2.50. The Hall–Kier alpha value is -1.75. The second-order valence-electron chi connectivity index (χ2n) is 3.96. The molecule has 1 aliphatic heterocycles. The minimum Gasteiger partial charge on any atom is -0.398 e. The van der Waals surface area contributed by atoms with Crippen LogP contribution in [0.2, 0.25) is 5.02 Å². The maximum atomic E-state index is 11.7. The summed E-state index contributed by atoms with van der Waals surface area (Å²) in [6.45, 7) is 0.272. The number of carbonyl (C=O) groups excluding carboxylic acids is 2. The highest BCUT2D eigenvalue weighted by Crippen LogP contribution is 2.21. The number of imide groups is 1. The fraction of sp³-hybridized carbons (Fsp3) is 0.273. The molecule has 3 amide bonds. The first-order chi connectivity index (χ1) is 7.99. The Kier molecular flexibility index (Phi) is 2.93. The Balaban J connectivity index is 2.24. The van der Waals surface area contributed by atoms with Gasteiger partial charge in [0, 0.05) is 17.8 Å². The molecule has 2 rings (SSSR count). The van der Waals surface area contributed by atoms with Gasteiger partial charge in [-0.3, -0.25) is 9.69 Å². The van der Waals surface area contributed by atoms with E-state index in [0.29, 0.717) is 16.3 Å². The molecule has 90 valence electrons. The topological polar surface area (TPSA) is 66.6 Å². The molecule has 17 heavy (non-hydrogen) atoms. The second kappa shape index (κ2) is 4.25. The van der Waals surface area contributed by atoms with Crippen molar-refractivity contribution in [2.45, 2.75) is 6.54 Å². The Labute approximate surface area is 104 Å². The lowest BCUT2D eigenvalue weighted by Crippen LogP contribution is -2.31. The highest BCUT2D eigenvalue weighted by atomic mass is 35.5. The summed E-state index contributed by atoms with van der Waals surface area (Å²) in [7, 11) is 1.58. The van der Waals surface area contributed by atoms with Crippen LogP contribution in [-0.2, 0) is 11.3 Å². The van der Waals surface area contributed by atoms with Crippen molar-refractivity contribution in [1.82, 2.24) is 9.80 Å². The molecule has 1 saturated heterocycles. The predicted molar refractivity (Wildman–Crippen MR) is 64.4 cm³/mol. The SMILES string of the molecule is CN1CC(=O)N(Cc2cc(Cl)ccc2N)C1=O. The lowest BCUT2D eigenvalue weighted by molar-refractivity contribution is -0.125. The molecular formula is C11H12ClN3O2. The second-order valence-corrected chi connectivity index (χ2v) is 4.40. The van der Waals surface area contributed by atoms with Gasteiger partial charge in [0.15, 0.2) is 0 Å². The maximum Gasteiger partial charge on any atom is 0.327 e. The van der Waals surface area contributed by atoms with Crippen LogP contribution in [0.4, 0.5) is 10.5 Å². The monoisotopic (exact) mass is 253 g/mol. The lowest BCUT2D eigenvalue weighted by atomic mass is 10.1. The van der Waals surface area contributed by atoms with E-state index in [2.05, 4.69) is 0 Å². The number of urea groups is 1. The van der Waals surface area contributed by atoms with Crippen molar-refractivity contribution in [2.75, 3.05) is 19.3 Å². The number of halogens is 1. The molecule has 1 aromatic rings. The molecule has 1 heterocycles. The fourth-order valence-electron chi connectivity index (χ4n) is 1.71. The zero-order valence-electron chi connectivity index (χ0n) is 9.31. The first kappa shape index (κ1) is 11.7. The summed E-state index contributed by atoms with van der Waals surface area (Å²) in [6.07, 6.45) is 0. The van der Waals surface area contributed by atoms with E-state index in [1.807, 2.05) is 0 Å². The van der Waals surface area contributed by atoms with Gasteiger partial charge in [-0.15, -0.1) is 0 Å². The minimum absolute atomic E-state index is 0.110. The zero-order chi connectivity index (χ0) is 12.6. The van der Waals surface area contributed by atoms with Crippen LogP contribution < -0.4 is 5.73 Å². The van der Waals surface area contributed by atoms with Crippen molar-refractivity contribution < 1.29 is 9.59 Å². The zero-order valence-corrected chi connectivity index (χ0v) is 10.1. The van der Waals surface area contributed by atoms with E-state index in [9.17, 15) is 9.59 Å². The highest BCUT2D eigenvalue weighted by Gasteiger charge is 2.33. The molecule has 1 aromatic carbocycles. The summed E-state index contributed by atoms with van der Waals surface area (Å²) >= 11 is 5.85. The lowest BCUT2D eigenvalue weighted by Gasteiger charge is -2.15. The van der Waals surface area contributed by atoms with Crippen LogP contribution in [0.15, 0.2) is 18.2 Å². The van der Waals surface area contributed by atoms with Crippen molar-refractivity contribution in [2.24, 2.45) is 0 Å². The Morgan fingerprint density at radius 2 is 2.12 bits per heavy atom. The van der Waals surface area contributed by atoms with Crippen molar-refractivity contribution >= 4 is 29.2 Å². The molecule has 2 N–H and O–H groups in total. The quantitative estimate of drug-likeness (QED) is 0.638. The standard InChI is InChI=1S/C11H12ClN3O2/c1-14-6-10(16)15(11(14)17)5-7-4-8(12)2-3-9(7)13/h2-4H,5-6,13H2,1H3. The van der Waals surface area contributed by atoms with Crippen LogP contribution in [0, 0.1) is 0 Å². The van der Waals surface area contributed by atoms with Crippen molar-refractivity contribution in [3.63, 3.8) is 0 Å². The highest BCUT2D eigenvalue weighted by molar-refractivity contribution is 6.30. The first-order valence-electron chi connectivity index (χ1n) is 5.08. The van der Waals surface area contributed by atoms with Crippen LogP contribution in [0.5, 0.6) is 0 Å². The number of benzene rings is 1. The fourth-order valence-corrected chi connectivity index (χ4v) is 1.90. The predicted octanol–water partition coefficient (Wildman–Crippen LogP) is 1.32. The van der Waals surface area contributed by atoms with Gasteiger partial charge in [0.05, 0.1) is 6.54 Å². The third-order valence-electron chi connectivity index (χ3n) is 2.66. The molecule has 0 unspecified atom stereocenters. The smallest absolute Gasteiger partial charge is 0.327 e. The Bertz CT molecular complexity index is 490. The van der Waals surface area contributed by atoms with Crippen LogP contribution in [0.3, 0.4) is 0 Å². The summed E-state index contributed by atoms with van der Waals surface area (Å²) in [4.78, 5) is 25.8. The number of anilines is 1. The molecule has 6 heteroatoms. The van der Waals surface area contributed by atoms with Crippen LogP contribution in [-0.4, -0.2) is 35.3 Å². The summed E-state index contributed by atoms with van der Waals surface area (Å²) < 4.78 is 0. The van der Waals surface area contributed by atoms with E-state index in [0.717, 1.165) is 0 Å². The number of nitrogens with zero attached hydrogens (tertiary/aromatic N) is 2. The summed E-state index contributed by atoms with van der Waals surface area (Å²) in [5.74, 6) is -0.225. The molecule has 0 spiro atoms. The van der Waals surface area contributed by atoms with E-state index >= 15 is 0 Å². The van der Waals surface area contributed by atoms with Gasteiger partial charge >= 0.3 is 6.03 Å². The number of hydrogen-bond donors (Lipinski definition) is 1. The molecular weight excluding hydrogens is 242 g/mol. The van der Waals surface area contributed by atoms with Gasteiger partial charge in [0.2, 0.25) is 0 Å². The van der Waals surface area contributed by atoms with E-state index in [1.54, 1.807) is 25.2 Å². The Morgan fingerprint density at radius 3 is 2.71 bits per heavy atom. The molecule has 0 radical (unpaired) electrons. The largest absolute Gasteiger partial charge is 0.398 e. The van der Waals surface area contributed by atoms with E-state index in [-0.39, 0.29) is 25.0 Å². The minimum atomic E-state index is -0.311. The molecule has 0 atom stereocenters. The van der Waals surface area contributed by atoms with Crippen molar-refractivity contribution in [3.05, 3.63) is 28.8 Å². The van der Waals surface area contributed by atoms with Crippen molar-refractivity contribution in [3.8, 4) is 0 Å². The van der Waals surface area contributed by atoms with E-state index in [1.165, 1.54) is 9.80 Å². The van der Waals surface area contributed by atoms with E-state index in [4.69, 9.17) is 17.3 Å². The summed E-state index contributed by atoms with van der Waals surface area (Å²) in [5, 5.41) is 0.529. The van der Waals surface area contributed by atoms with Crippen molar-refractivity contribution in [1.29, 1.82) is 0 Å². The third kappa shape index (κ3) is 2.19. The third-order valence-corrected chi connectivity index (χ3v) is 2.90. The first-order valence-corrected chi connectivity index (χ1v) is 5.46. The number of amides is 3. The summed E-state index contributed by atoms with van der Waals surface area (Å²) in [5.41, 5.74) is 6.97. The number of nitrogens with two attached hydrogens (primary N) is 1. The number of hydrogen-bond acceptors (Lipinski definition) is 3. The van der Waals surface area contributed by atoms with Gasteiger partial charge in [-0.1, -0.05) is 11.6 Å². The average molecular weight is 254 g/mol. The molecule has 0 aromatic heterocycles. The van der Waals surface area contributed by atoms with Gasteiger partial charge in [-0.05, 0) is 23.8 Å². The normalized spacial score (nSPS) is 15.9. The van der Waals surface area contributed by atoms with Crippen LogP contribution >= 0.6 is 11.6 Å². The number of likely N-dealkylation sites (N-methyl/N-ethyl adjacent to an activating group) is 1. The molecule has 1 aliphatic rings. The molecule has 0 bridgehead atoms. The molecule has 0 aliphatic carbocycles. The summed E-state index contributed by atoms with van der Waals surface area (Å²) in [6, 6.07) is 4.68. The van der Waals surface area contributed by atoms with Gasteiger partial charge in [0.25, 0.3) is 5.91 Å². The number of nitrogen functional groups attached to an aromatic ring is 1. The van der Waals surface area contributed by atoms with Crippen LogP contribution in [0.25, 0.3) is 0 Å². The van der Waals surface area contributed by atoms with Crippen LogP contribution in [0.1, 0.15) is 5.56 Å². The van der Waals surface area contributed by atoms with Gasteiger partial charge in [-0.25, -0.2) is 4.79 Å². The number of rotatable bonds is 2. The van der Waals surface area contributed by atoms with Gasteiger partial charge in [-0.2, -0.15) is 0 Å².